The lowest BCUT2D eigenvalue weighted by molar-refractivity contribution is -0.130. The number of amides is 1. The summed E-state index contributed by atoms with van der Waals surface area (Å²) < 4.78 is 5.24. The van der Waals surface area contributed by atoms with Crippen LogP contribution in [0.4, 0.5) is 0 Å². The number of nitrogens with zero attached hydrogens (tertiary/aromatic N) is 2. The van der Waals surface area contributed by atoms with E-state index >= 15 is 0 Å². The SMILES string of the molecule is COc1ccc(CN2CCCN(C(=O)Cc3c(C)[nH]c4ccccc34)CC2)cc1. The second-order valence-electron chi connectivity index (χ2n) is 7.81. The van der Waals surface area contributed by atoms with Crippen molar-refractivity contribution in [3.8, 4) is 5.75 Å². The number of H-pyrrole nitrogens is 1. The van der Waals surface area contributed by atoms with Gasteiger partial charge in [-0.1, -0.05) is 30.3 Å². The minimum absolute atomic E-state index is 0.226. The van der Waals surface area contributed by atoms with Crippen LogP contribution in [0.5, 0.6) is 5.75 Å². The van der Waals surface area contributed by atoms with Crippen molar-refractivity contribution in [2.24, 2.45) is 0 Å². The number of hydrogen-bond acceptors (Lipinski definition) is 3. The Morgan fingerprint density at radius 1 is 1.03 bits per heavy atom. The number of hydrogen-bond donors (Lipinski definition) is 1. The molecule has 2 aromatic carbocycles. The lowest BCUT2D eigenvalue weighted by Crippen LogP contribution is -2.36. The molecule has 1 aromatic heterocycles. The predicted octanol–water partition coefficient (Wildman–Crippen LogP) is 3.76. The van der Waals surface area contributed by atoms with Gasteiger partial charge in [0.05, 0.1) is 13.5 Å². The predicted molar refractivity (Wildman–Crippen MR) is 116 cm³/mol. The highest BCUT2D eigenvalue weighted by Crippen LogP contribution is 2.23. The van der Waals surface area contributed by atoms with E-state index in [1.165, 1.54) is 5.56 Å². The molecule has 1 amide bonds. The van der Waals surface area contributed by atoms with Crippen molar-refractivity contribution in [2.45, 2.75) is 26.3 Å². The van der Waals surface area contributed by atoms with Crippen LogP contribution in [0.1, 0.15) is 23.2 Å². The molecule has 5 heteroatoms. The van der Waals surface area contributed by atoms with E-state index in [4.69, 9.17) is 4.74 Å². The average molecular weight is 392 g/mol. The van der Waals surface area contributed by atoms with Crippen molar-refractivity contribution in [1.82, 2.24) is 14.8 Å². The number of aryl methyl sites for hydroxylation is 1. The molecule has 0 bridgehead atoms. The molecule has 29 heavy (non-hydrogen) atoms. The molecule has 1 N–H and O–H groups in total. The highest BCUT2D eigenvalue weighted by Gasteiger charge is 2.21. The van der Waals surface area contributed by atoms with Gasteiger partial charge < -0.3 is 14.6 Å². The molecule has 5 nitrogen and oxygen atoms in total. The summed E-state index contributed by atoms with van der Waals surface area (Å²) >= 11 is 0. The summed E-state index contributed by atoms with van der Waals surface area (Å²) in [6.07, 6.45) is 1.48. The number of carbonyl (C=O) groups excluding carboxylic acids is 1. The molecule has 2 heterocycles. The molecule has 3 aromatic rings. The van der Waals surface area contributed by atoms with Gasteiger partial charge in [-0.15, -0.1) is 0 Å². The van der Waals surface area contributed by atoms with Crippen LogP contribution in [-0.4, -0.2) is 54.0 Å². The molecule has 0 saturated carbocycles. The fraction of sp³-hybridized carbons (Fsp3) is 0.375. The smallest absolute Gasteiger partial charge is 0.227 e. The number of carbonyl (C=O) groups is 1. The Kier molecular flexibility index (Phi) is 5.86. The van der Waals surface area contributed by atoms with Gasteiger partial charge in [-0.3, -0.25) is 9.69 Å². The molecule has 152 valence electrons. The van der Waals surface area contributed by atoms with Crippen LogP contribution in [-0.2, 0) is 17.8 Å². The number of methoxy groups -OCH3 is 1. The first kappa shape index (κ1) is 19.5. The van der Waals surface area contributed by atoms with Gasteiger partial charge in [-0.25, -0.2) is 0 Å². The second kappa shape index (κ2) is 8.70. The maximum atomic E-state index is 13.0. The fourth-order valence-corrected chi connectivity index (χ4v) is 4.19. The minimum Gasteiger partial charge on any atom is -0.497 e. The van der Waals surface area contributed by atoms with Gasteiger partial charge in [-0.05, 0) is 42.7 Å². The third kappa shape index (κ3) is 4.46. The molecule has 0 spiro atoms. The summed E-state index contributed by atoms with van der Waals surface area (Å²) in [7, 11) is 1.69. The number of nitrogens with one attached hydrogen (secondary N) is 1. The molecule has 0 aliphatic carbocycles. The Morgan fingerprint density at radius 3 is 2.62 bits per heavy atom. The van der Waals surface area contributed by atoms with E-state index in [2.05, 4.69) is 41.1 Å². The van der Waals surface area contributed by atoms with Crippen LogP contribution in [0.25, 0.3) is 10.9 Å². The summed E-state index contributed by atoms with van der Waals surface area (Å²) in [4.78, 5) is 20.9. The summed E-state index contributed by atoms with van der Waals surface area (Å²) in [5.41, 5.74) is 4.61. The van der Waals surface area contributed by atoms with Gasteiger partial charge >= 0.3 is 0 Å². The van der Waals surface area contributed by atoms with Crippen LogP contribution in [0.3, 0.4) is 0 Å². The maximum Gasteiger partial charge on any atom is 0.227 e. The zero-order chi connectivity index (χ0) is 20.2. The fourth-order valence-electron chi connectivity index (χ4n) is 4.19. The van der Waals surface area contributed by atoms with Crippen molar-refractivity contribution in [3.63, 3.8) is 0 Å². The van der Waals surface area contributed by atoms with Gasteiger partial charge in [0.15, 0.2) is 0 Å². The molecule has 4 rings (SSSR count). The number of para-hydroxylation sites is 1. The zero-order valence-electron chi connectivity index (χ0n) is 17.3. The van der Waals surface area contributed by atoms with Crippen molar-refractivity contribution in [2.75, 3.05) is 33.3 Å². The number of aromatic amines is 1. The third-order valence-electron chi connectivity index (χ3n) is 5.86. The Morgan fingerprint density at radius 2 is 1.83 bits per heavy atom. The van der Waals surface area contributed by atoms with Crippen LogP contribution in [0.15, 0.2) is 48.5 Å². The molecule has 1 saturated heterocycles. The van der Waals surface area contributed by atoms with Crippen LogP contribution in [0.2, 0.25) is 0 Å². The summed E-state index contributed by atoms with van der Waals surface area (Å²) in [5, 5.41) is 1.16. The Bertz CT molecular complexity index is 977. The van der Waals surface area contributed by atoms with E-state index < -0.39 is 0 Å². The number of aromatic nitrogens is 1. The maximum absolute atomic E-state index is 13.0. The topological polar surface area (TPSA) is 48.6 Å². The van der Waals surface area contributed by atoms with Gasteiger partial charge in [0.1, 0.15) is 5.75 Å². The van der Waals surface area contributed by atoms with Gasteiger partial charge in [0, 0.05) is 49.3 Å². The van der Waals surface area contributed by atoms with Gasteiger partial charge in [0.2, 0.25) is 5.91 Å². The third-order valence-corrected chi connectivity index (χ3v) is 5.86. The lowest BCUT2D eigenvalue weighted by Gasteiger charge is -2.22. The van der Waals surface area contributed by atoms with Crippen molar-refractivity contribution in [3.05, 3.63) is 65.4 Å². The standard InChI is InChI=1S/C24H29N3O2/c1-18-22(21-6-3-4-7-23(21)25-18)16-24(28)27-13-5-12-26(14-15-27)17-19-8-10-20(29-2)11-9-19/h3-4,6-11,25H,5,12-17H2,1-2H3. The van der Waals surface area contributed by atoms with Crippen molar-refractivity contribution in [1.29, 1.82) is 0 Å². The monoisotopic (exact) mass is 391 g/mol. The molecule has 1 aliphatic heterocycles. The van der Waals surface area contributed by atoms with Crippen LogP contribution >= 0.6 is 0 Å². The lowest BCUT2D eigenvalue weighted by atomic mass is 10.1. The molecular weight excluding hydrogens is 362 g/mol. The summed E-state index contributed by atoms with van der Waals surface area (Å²) in [6, 6.07) is 16.5. The molecule has 0 atom stereocenters. The first-order valence-corrected chi connectivity index (χ1v) is 10.3. The second-order valence-corrected chi connectivity index (χ2v) is 7.81. The normalized spacial score (nSPS) is 15.4. The molecular formula is C24H29N3O2. The highest BCUT2D eigenvalue weighted by molar-refractivity contribution is 5.90. The number of rotatable bonds is 5. The van der Waals surface area contributed by atoms with Crippen LogP contribution in [0, 0.1) is 6.92 Å². The zero-order valence-corrected chi connectivity index (χ0v) is 17.3. The Labute approximate surface area is 172 Å². The quantitative estimate of drug-likeness (QED) is 0.720. The van der Waals surface area contributed by atoms with Gasteiger partial charge in [0.25, 0.3) is 0 Å². The van der Waals surface area contributed by atoms with Gasteiger partial charge in [-0.2, -0.15) is 0 Å². The van der Waals surface area contributed by atoms with E-state index in [1.807, 2.05) is 29.2 Å². The summed E-state index contributed by atoms with van der Waals surface area (Å²) in [6.45, 7) is 6.51. The van der Waals surface area contributed by atoms with E-state index in [9.17, 15) is 4.79 Å². The number of fused-ring (bicyclic) bond motifs is 1. The van der Waals surface area contributed by atoms with Crippen LogP contribution < -0.4 is 4.74 Å². The average Bonchev–Trinajstić information content (AvgIpc) is 2.90. The minimum atomic E-state index is 0.226. The molecule has 1 aliphatic rings. The number of benzene rings is 2. The first-order chi connectivity index (χ1) is 14.1. The van der Waals surface area contributed by atoms with Crippen molar-refractivity contribution < 1.29 is 9.53 Å². The van der Waals surface area contributed by atoms with E-state index in [0.717, 1.165) is 67.1 Å². The Hall–Kier alpha value is -2.79. The Balaban J connectivity index is 1.37. The summed E-state index contributed by atoms with van der Waals surface area (Å²) in [5.74, 6) is 1.11. The molecule has 1 fully saturated rings. The van der Waals surface area contributed by atoms with Crippen molar-refractivity contribution >= 4 is 16.8 Å². The molecule has 0 unspecified atom stereocenters. The molecule has 0 radical (unpaired) electrons. The largest absolute Gasteiger partial charge is 0.497 e. The number of ether oxygens (including phenoxy) is 1. The first-order valence-electron chi connectivity index (χ1n) is 10.3. The van der Waals surface area contributed by atoms with E-state index in [-0.39, 0.29) is 5.91 Å². The highest BCUT2D eigenvalue weighted by atomic mass is 16.5. The van der Waals surface area contributed by atoms with E-state index in [1.54, 1.807) is 7.11 Å². The van der Waals surface area contributed by atoms with E-state index in [0.29, 0.717) is 6.42 Å².